The van der Waals surface area contributed by atoms with Crippen LogP contribution in [0, 0.1) is 0 Å². The number of aromatic nitrogens is 2. The summed E-state index contributed by atoms with van der Waals surface area (Å²) in [4.78, 5) is 4.34. The number of aliphatic hydroxyl groups is 1. The zero-order valence-electron chi connectivity index (χ0n) is 8.15. The number of fused-ring (bicyclic) bond motifs is 1. The number of hydrogen-bond acceptors (Lipinski definition) is 2. The highest BCUT2D eigenvalue weighted by Gasteiger charge is 2.08. The minimum Gasteiger partial charge on any atom is -0.388 e. The fourth-order valence-corrected chi connectivity index (χ4v) is 1.84. The highest BCUT2D eigenvalue weighted by Crippen LogP contribution is 2.18. The molecule has 1 heterocycles. The fourth-order valence-electron chi connectivity index (χ4n) is 1.59. The van der Waals surface area contributed by atoms with Crippen LogP contribution >= 0.6 is 15.9 Å². The molecule has 0 aliphatic rings. The summed E-state index contributed by atoms with van der Waals surface area (Å²) in [5.41, 5.74) is 1.91. The van der Waals surface area contributed by atoms with E-state index in [9.17, 15) is 5.11 Å². The summed E-state index contributed by atoms with van der Waals surface area (Å²) in [6, 6.07) is 7.81. The van der Waals surface area contributed by atoms with Crippen molar-refractivity contribution in [2.45, 2.75) is 13.2 Å². The zero-order chi connectivity index (χ0) is 10.8. The molecule has 0 unspecified atom stereocenters. The summed E-state index contributed by atoms with van der Waals surface area (Å²) >= 11 is 3.32. The molecule has 78 valence electrons. The third kappa shape index (κ3) is 1.96. The Morgan fingerprint density at radius 1 is 1.47 bits per heavy atom. The van der Waals surface area contributed by atoms with Crippen LogP contribution < -0.4 is 0 Å². The highest BCUT2D eigenvalue weighted by molar-refractivity contribution is 9.11. The van der Waals surface area contributed by atoms with Gasteiger partial charge < -0.3 is 9.67 Å². The number of halogens is 1. The van der Waals surface area contributed by atoms with E-state index in [1.54, 1.807) is 0 Å². The van der Waals surface area contributed by atoms with E-state index in [0.29, 0.717) is 12.4 Å². The molecule has 1 aromatic carbocycles. The van der Waals surface area contributed by atoms with Crippen molar-refractivity contribution >= 4 is 27.0 Å². The predicted octanol–water partition coefficient (Wildman–Crippen LogP) is 2.44. The molecule has 4 heteroatoms. The summed E-state index contributed by atoms with van der Waals surface area (Å²) in [7, 11) is 0. The molecule has 0 spiro atoms. The van der Waals surface area contributed by atoms with Crippen molar-refractivity contribution in [1.82, 2.24) is 9.55 Å². The minimum atomic E-state index is -0.0606. The molecule has 2 aromatic rings. The van der Waals surface area contributed by atoms with Crippen molar-refractivity contribution in [2.24, 2.45) is 0 Å². The molecule has 0 atom stereocenters. The van der Waals surface area contributed by atoms with E-state index in [0.717, 1.165) is 15.5 Å². The Hall–Kier alpha value is -1.13. The van der Waals surface area contributed by atoms with Gasteiger partial charge in [0.2, 0.25) is 0 Å². The van der Waals surface area contributed by atoms with E-state index in [-0.39, 0.29) is 6.61 Å². The quantitative estimate of drug-likeness (QED) is 0.927. The summed E-state index contributed by atoms with van der Waals surface area (Å²) in [5, 5.41) is 9.20. The van der Waals surface area contributed by atoms with Gasteiger partial charge in [0.1, 0.15) is 12.4 Å². The van der Waals surface area contributed by atoms with Crippen LogP contribution in [0.4, 0.5) is 0 Å². The van der Waals surface area contributed by atoms with Crippen molar-refractivity contribution in [2.75, 3.05) is 0 Å². The first-order valence-corrected chi connectivity index (χ1v) is 5.40. The third-order valence-electron chi connectivity index (χ3n) is 2.20. The smallest absolute Gasteiger partial charge is 0.136 e. The Labute approximate surface area is 96.2 Å². The second kappa shape index (κ2) is 4.16. The predicted molar refractivity (Wildman–Crippen MR) is 63.7 cm³/mol. The van der Waals surface area contributed by atoms with Crippen LogP contribution in [0.1, 0.15) is 5.82 Å². The lowest BCUT2D eigenvalue weighted by atomic mass is 10.3. The molecule has 2 rings (SSSR count). The first-order valence-electron chi connectivity index (χ1n) is 4.60. The molecule has 0 radical (unpaired) electrons. The van der Waals surface area contributed by atoms with E-state index in [1.165, 1.54) is 0 Å². The van der Waals surface area contributed by atoms with Crippen LogP contribution in [-0.4, -0.2) is 14.7 Å². The maximum Gasteiger partial charge on any atom is 0.136 e. The van der Waals surface area contributed by atoms with E-state index in [4.69, 9.17) is 0 Å². The van der Waals surface area contributed by atoms with Crippen LogP contribution in [0.5, 0.6) is 0 Å². The number of benzene rings is 1. The number of para-hydroxylation sites is 2. The molecule has 0 saturated heterocycles. The summed E-state index contributed by atoms with van der Waals surface area (Å²) in [6.45, 7) is 4.36. The first kappa shape index (κ1) is 10.4. The highest BCUT2D eigenvalue weighted by atomic mass is 79.9. The van der Waals surface area contributed by atoms with Gasteiger partial charge >= 0.3 is 0 Å². The van der Waals surface area contributed by atoms with E-state index in [1.807, 2.05) is 28.8 Å². The monoisotopic (exact) mass is 266 g/mol. The van der Waals surface area contributed by atoms with Gasteiger partial charge in [0.25, 0.3) is 0 Å². The third-order valence-corrected chi connectivity index (χ3v) is 2.46. The van der Waals surface area contributed by atoms with Gasteiger partial charge in [-0.2, -0.15) is 0 Å². The van der Waals surface area contributed by atoms with Gasteiger partial charge in [-0.05, 0) is 12.1 Å². The number of hydrogen-bond donors (Lipinski definition) is 1. The van der Waals surface area contributed by atoms with Crippen LogP contribution in [0.15, 0.2) is 35.3 Å². The fraction of sp³-hybridized carbons (Fsp3) is 0.182. The second-order valence-electron chi connectivity index (χ2n) is 3.28. The molecular weight excluding hydrogens is 256 g/mol. The average Bonchev–Trinajstić information content (AvgIpc) is 2.56. The maximum absolute atomic E-state index is 9.20. The van der Waals surface area contributed by atoms with E-state index < -0.39 is 0 Å². The normalized spacial score (nSPS) is 10.8. The zero-order valence-corrected chi connectivity index (χ0v) is 9.74. The number of nitrogens with zero attached hydrogens (tertiary/aromatic N) is 2. The number of imidazole rings is 1. The van der Waals surface area contributed by atoms with Gasteiger partial charge in [-0.25, -0.2) is 4.98 Å². The second-order valence-corrected chi connectivity index (χ2v) is 4.40. The van der Waals surface area contributed by atoms with E-state index >= 15 is 0 Å². The first-order chi connectivity index (χ1) is 7.22. The molecule has 15 heavy (non-hydrogen) atoms. The van der Waals surface area contributed by atoms with Crippen LogP contribution in [0.3, 0.4) is 0 Å². The lowest BCUT2D eigenvalue weighted by Crippen LogP contribution is -2.03. The number of allylic oxidation sites excluding steroid dienone is 1. The summed E-state index contributed by atoms with van der Waals surface area (Å²) in [6.07, 6.45) is 0. The van der Waals surface area contributed by atoms with Crippen LogP contribution in [0.2, 0.25) is 0 Å². The lowest BCUT2D eigenvalue weighted by molar-refractivity contribution is 0.267. The molecule has 0 saturated carbocycles. The summed E-state index contributed by atoms with van der Waals surface area (Å²) < 4.78 is 2.81. The van der Waals surface area contributed by atoms with Gasteiger partial charge in [-0.15, -0.1) is 0 Å². The molecule has 1 N–H and O–H groups in total. The van der Waals surface area contributed by atoms with Crippen molar-refractivity contribution < 1.29 is 5.11 Å². The van der Waals surface area contributed by atoms with Crippen molar-refractivity contribution in [3.63, 3.8) is 0 Å². The molecule has 0 aliphatic heterocycles. The minimum absolute atomic E-state index is 0.0606. The molecule has 0 bridgehead atoms. The lowest BCUT2D eigenvalue weighted by Gasteiger charge is -2.05. The van der Waals surface area contributed by atoms with Crippen LogP contribution in [-0.2, 0) is 13.2 Å². The van der Waals surface area contributed by atoms with Gasteiger partial charge in [0.15, 0.2) is 0 Å². The Morgan fingerprint density at radius 3 is 2.87 bits per heavy atom. The summed E-state index contributed by atoms with van der Waals surface area (Å²) in [5.74, 6) is 0.664. The van der Waals surface area contributed by atoms with Gasteiger partial charge in [0, 0.05) is 4.48 Å². The standard InChI is InChI=1S/C11H11BrN2O/c1-8(12)6-14-10-5-3-2-4-9(10)13-11(14)7-15/h2-5,15H,1,6-7H2. The average molecular weight is 267 g/mol. The number of rotatable bonds is 3. The van der Waals surface area contributed by atoms with Crippen molar-refractivity contribution in [1.29, 1.82) is 0 Å². The molecule has 1 aromatic heterocycles. The Kier molecular flexibility index (Phi) is 2.88. The Balaban J connectivity index is 2.61. The maximum atomic E-state index is 9.20. The topological polar surface area (TPSA) is 38.0 Å². The molecule has 0 amide bonds. The van der Waals surface area contributed by atoms with Crippen molar-refractivity contribution in [3.8, 4) is 0 Å². The molecule has 0 aliphatic carbocycles. The largest absolute Gasteiger partial charge is 0.388 e. The molecular formula is C11H11BrN2O. The Morgan fingerprint density at radius 2 is 2.20 bits per heavy atom. The molecule has 0 fully saturated rings. The molecule has 3 nitrogen and oxygen atoms in total. The SMILES string of the molecule is C=C(Br)Cn1c(CO)nc2ccccc21. The van der Waals surface area contributed by atoms with Gasteiger partial charge in [0.05, 0.1) is 17.6 Å². The van der Waals surface area contributed by atoms with Gasteiger partial charge in [-0.1, -0.05) is 34.6 Å². The van der Waals surface area contributed by atoms with Crippen molar-refractivity contribution in [3.05, 3.63) is 41.2 Å². The Bertz CT molecular complexity index is 504. The van der Waals surface area contributed by atoms with Crippen LogP contribution in [0.25, 0.3) is 11.0 Å². The van der Waals surface area contributed by atoms with E-state index in [2.05, 4.69) is 27.5 Å². The van der Waals surface area contributed by atoms with Gasteiger partial charge in [-0.3, -0.25) is 0 Å². The number of aliphatic hydroxyl groups excluding tert-OH is 1.